The fourth-order valence-corrected chi connectivity index (χ4v) is 0.171. The Morgan fingerprint density at radius 2 is 2.22 bits per heavy atom. The third-order valence-corrected chi connectivity index (χ3v) is 0.430. The molecule has 0 atom stereocenters. The average Bonchev–Trinajstić information content (AvgIpc) is 1.61. The molecule has 9 heavy (non-hydrogen) atoms. The van der Waals surface area contributed by atoms with Gasteiger partial charge in [0.05, 0.1) is 0 Å². The number of carbonyl (C=O) groups is 1. The van der Waals surface area contributed by atoms with E-state index in [1.165, 1.54) is 0 Å². The summed E-state index contributed by atoms with van der Waals surface area (Å²) in [4.78, 5) is 9.69. The van der Waals surface area contributed by atoms with Crippen LogP contribution in [0.1, 0.15) is 0 Å². The van der Waals surface area contributed by atoms with Crippen molar-refractivity contribution < 1.29 is 9.90 Å². The Hall–Kier alpha value is 0.221. The monoisotopic (exact) mass is 207 g/mol. The molecule has 0 saturated heterocycles. The SMILES string of the molecule is N=C(N)NCC(=O)O.[SrH2]. The molecular weight excluding hydrogens is 198 g/mol. The molecule has 0 heterocycles. The summed E-state index contributed by atoms with van der Waals surface area (Å²) in [5.74, 6) is -1.35. The van der Waals surface area contributed by atoms with Crippen LogP contribution in [0.15, 0.2) is 0 Å². The number of aliphatic carboxylic acids is 1. The van der Waals surface area contributed by atoms with Crippen LogP contribution in [0.25, 0.3) is 0 Å². The number of nitrogens with one attached hydrogen (secondary N) is 2. The van der Waals surface area contributed by atoms with Gasteiger partial charge in [-0.25, -0.2) is 0 Å². The molecule has 5 nitrogen and oxygen atoms in total. The Kier molecular flexibility index (Phi) is 8.42. The van der Waals surface area contributed by atoms with Gasteiger partial charge in [-0.1, -0.05) is 0 Å². The van der Waals surface area contributed by atoms with Gasteiger partial charge in [0.2, 0.25) is 0 Å². The summed E-state index contributed by atoms with van der Waals surface area (Å²) in [6.07, 6.45) is 0. The Balaban J connectivity index is 0. The molecule has 50 valence electrons. The number of nitrogens with two attached hydrogens (primary N) is 1. The zero-order chi connectivity index (χ0) is 6.57. The van der Waals surface area contributed by atoms with Crippen molar-refractivity contribution in [2.45, 2.75) is 0 Å². The van der Waals surface area contributed by atoms with Gasteiger partial charge in [-0.05, 0) is 0 Å². The summed E-state index contributed by atoms with van der Waals surface area (Å²) < 4.78 is 0. The van der Waals surface area contributed by atoms with Crippen LogP contribution in [0.2, 0.25) is 0 Å². The van der Waals surface area contributed by atoms with Crippen molar-refractivity contribution in [2.75, 3.05) is 6.54 Å². The van der Waals surface area contributed by atoms with E-state index in [0.717, 1.165) is 0 Å². The first-order chi connectivity index (χ1) is 3.63. The third-order valence-electron chi connectivity index (χ3n) is 0.430. The van der Waals surface area contributed by atoms with E-state index in [4.69, 9.17) is 16.2 Å². The summed E-state index contributed by atoms with van der Waals surface area (Å²) in [6, 6.07) is 0. The Morgan fingerprint density at radius 3 is 2.33 bits per heavy atom. The van der Waals surface area contributed by atoms with Crippen molar-refractivity contribution in [3.8, 4) is 0 Å². The maximum absolute atomic E-state index is 9.69. The van der Waals surface area contributed by atoms with Crippen LogP contribution in [0, 0.1) is 5.41 Å². The molecule has 0 bridgehead atoms. The Morgan fingerprint density at radius 1 is 1.78 bits per heavy atom. The van der Waals surface area contributed by atoms with Crippen molar-refractivity contribution in [2.24, 2.45) is 5.73 Å². The number of carboxylic acid groups (broad SMARTS) is 1. The topological polar surface area (TPSA) is 99.2 Å². The first kappa shape index (κ1) is 12.0. The quantitative estimate of drug-likeness (QED) is 0.231. The fraction of sp³-hybridized carbons (Fsp3) is 0.333. The first-order valence-electron chi connectivity index (χ1n) is 1.92. The molecule has 0 fully saturated rings. The fourth-order valence-electron chi connectivity index (χ4n) is 0.171. The summed E-state index contributed by atoms with van der Waals surface area (Å²) in [7, 11) is 0. The van der Waals surface area contributed by atoms with Crippen molar-refractivity contribution in [3.63, 3.8) is 0 Å². The second kappa shape index (κ2) is 6.34. The number of hydrogen-bond acceptors (Lipinski definition) is 2. The van der Waals surface area contributed by atoms with Crippen LogP contribution in [-0.2, 0) is 4.79 Å². The third kappa shape index (κ3) is 11.7. The van der Waals surface area contributed by atoms with E-state index in [1.54, 1.807) is 0 Å². The average molecular weight is 207 g/mol. The van der Waals surface area contributed by atoms with Gasteiger partial charge in [0.25, 0.3) is 0 Å². The summed E-state index contributed by atoms with van der Waals surface area (Å²) in [6.45, 7) is -0.296. The molecule has 6 heteroatoms. The zero-order valence-corrected chi connectivity index (χ0v) is 4.14. The summed E-state index contributed by atoms with van der Waals surface area (Å²) >= 11 is 0. The van der Waals surface area contributed by atoms with Crippen LogP contribution in [-0.4, -0.2) is 69.1 Å². The van der Waals surface area contributed by atoms with Crippen molar-refractivity contribution >= 4 is 57.4 Å². The van der Waals surface area contributed by atoms with Crippen LogP contribution >= 0.6 is 0 Å². The molecule has 0 rings (SSSR count). The van der Waals surface area contributed by atoms with Gasteiger partial charge in [0.1, 0.15) is 6.54 Å². The molecule has 0 aromatic carbocycles. The molecule has 0 unspecified atom stereocenters. The summed E-state index contributed by atoms with van der Waals surface area (Å²) in [5.41, 5.74) is 4.75. The van der Waals surface area contributed by atoms with Crippen LogP contribution in [0.4, 0.5) is 0 Å². The molecular formula is C3H9N3O2Sr. The predicted octanol–water partition coefficient (Wildman–Crippen LogP) is -2.36. The van der Waals surface area contributed by atoms with Crippen LogP contribution < -0.4 is 11.1 Å². The van der Waals surface area contributed by atoms with Crippen molar-refractivity contribution in [1.29, 1.82) is 5.41 Å². The minimum atomic E-state index is -1.03. The van der Waals surface area contributed by atoms with E-state index in [-0.39, 0.29) is 58.0 Å². The number of carboxylic acids is 1. The molecule has 0 aromatic heterocycles. The van der Waals surface area contributed by atoms with Gasteiger partial charge >= 0.3 is 51.5 Å². The van der Waals surface area contributed by atoms with E-state index in [9.17, 15) is 4.79 Å². The van der Waals surface area contributed by atoms with Gasteiger partial charge in [0, 0.05) is 0 Å². The Bertz CT molecular complexity index is 102. The van der Waals surface area contributed by atoms with Gasteiger partial charge in [-0.2, -0.15) is 0 Å². The second-order valence-electron chi connectivity index (χ2n) is 1.16. The molecule has 0 spiro atoms. The van der Waals surface area contributed by atoms with E-state index >= 15 is 0 Å². The van der Waals surface area contributed by atoms with Crippen molar-refractivity contribution in [3.05, 3.63) is 0 Å². The van der Waals surface area contributed by atoms with E-state index < -0.39 is 5.97 Å². The number of guanidine groups is 1. The summed E-state index contributed by atoms with van der Waals surface area (Å²) in [5, 5.41) is 16.5. The van der Waals surface area contributed by atoms with Gasteiger partial charge < -0.3 is 16.2 Å². The minimum absolute atomic E-state index is 0. The normalized spacial score (nSPS) is 7.11. The maximum atomic E-state index is 9.69. The van der Waals surface area contributed by atoms with Gasteiger partial charge in [-0.3, -0.25) is 10.2 Å². The molecule has 0 saturated carbocycles. The van der Waals surface area contributed by atoms with E-state index in [1.807, 2.05) is 0 Å². The van der Waals surface area contributed by atoms with Crippen LogP contribution in [0.3, 0.4) is 0 Å². The van der Waals surface area contributed by atoms with E-state index in [0.29, 0.717) is 0 Å². The van der Waals surface area contributed by atoms with Gasteiger partial charge in [-0.15, -0.1) is 0 Å². The number of hydrogen-bond donors (Lipinski definition) is 4. The molecule has 0 aliphatic rings. The first-order valence-corrected chi connectivity index (χ1v) is 1.92. The zero-order valence-electron chi connectivity index (χ0n) is 4.14. The molecule has 0 amide bonds. The van der Waals surface area contributed by atoms with Gasteiger partial charge in [0.15, 0.2) is 5.96 Å². The molecule has 0 radical (unpaired) electrons. The standard InChI is InChI=1S/C3H7N3O2.Sr.2H/c4-3(5)6-1-2(7)8;;;/h1H2,(H,7,8)(H4,4,5,6);;;. The van der Waals surface area contributed by atoms with E-state index in [2.05, 4.69) is 5.32 Å². The van der Waals surface area contributed by atoms with Crippen molar-refractivity contribution in [1.82, 2.24) is 5.32 Å². The molecule has 0 aromatic rings. The second-order valence-corrected chi connectivity index (χ2v) is 1.16. The predicted molar refractivity (Wildman–Crippen MR) is 36.1 cm³/mol. The number of rotatable bonds is 2. The molecule has 0 aliphatic heterocycles. The molecule has 5 N–H and O–H groups in total. The van der Waals surface area contributed by atoms with Crippen LogP contribution in [0.5, 0.6) is 0 Å². The Labute approximate surface area is 89.4 Å². The molecule has 0 aliphatic carbocycles.